The first-order chi connectivity index (χ1) is 12.2. The molecule has 1 saturated heterocycles. The van der Waals surface area contributed by atoms with Gasteiger partial charge in [-0.15, -0.1) is 0 Å². The molecular weight excluding hydrogens is 352 g/mol. The van der Waals surface area contributed by atoms with Crippen LogP contribution >= 0.6 is 0 Å². The van der Waals surface area contributed by atoms with Gasteiger partial charge in [0, 0.05) is 18.3 Å². The maximum Gasteiger partial charge on any atom is 0.228 e. The molecule has 3 atom stereocenters. The minimum absolute atomic E-state index is 0.0404. The molecule has 1 aliphatic heterocycles. The third-order valence-electron chi connectivity index (χ3n) is 5.21. The van der Waals surface area contributed by atoms with Gasteiger partial charge in [-0.1, -0.05) is 6.07 Å². The molecule has 3 rings (SSSR count). The molecule has 2 aliphatic rings. The Bertz CT molecular complexity index is 814. The molecule has 0 bridgehead atoms. The molecule has 3 unspecified atom stereocenters. The van der Waals surface area contributed by atoms with Gasteiger partial charge in [0.15, 0.2) is 9.84 Å². The Balaban J connectivity index is 1.61. The first-order valence-corrected chi connectivity index (χ1v) is 10.9. The van der Waals surface area contributed by atoms with Gasteiger partial charge in [0.2, 0.25) is 11.8 Å². The Morgan fingerprint density at radius 3 is 2.35 bits per heavy atom. The van der Waals surface area contributed by atoms with Crippen molar-refractivity contribution < 1.29 is 18.0 Å². The van der Waals surface area contributed by atoms with Crippen molar-refractivity contribution in [3.8, 4) is 0 Å². The molecule has 1 aromatic rings. The van der Waals surface area contributed by atoms with E-state index in [-0.39, 0.29) is 41.2 Å². The van der Waals surface area contributed by atoms with E-state index in [9.17, 15) is 18.0 Å². The first-order valence-electron chi connectivity index (χ1n) is 9.10. The Morgan fingerprint density at radius 2 is 1.81 bits per heavy atom. The highest BCUT2D eigenvalue weighted by Crippen LogP contribution is 2.41. The van der Waals surface area contributed by atoms with E-state index < -0.39 is 9.84 Å². The van der Waals surface area contributed by atoms with E-state index in [0.29, 0.717) is 19.4 Å². The van der Waals surface area contributed by atoms with Gasteiger partial charge >= 0.3 is 0 Å². The average molecular weight is 378 g/mol. The van der Waals surface area contributed by atoms with Crippen molar-refractivity contribution in [1.82, 2.24) is 4.90 Å². The molecule has 26 heavy (non-hydrogen) atoms. The first kappa shape index (κ1) is 18.9. The minimum Gasteiger partial charge on any atom is -0.339 e. The predicted molar refractivity (Wildman–Crippen MR) is 101 cm³/mol. The standard InChI is InChI=1S/C19H26N2O4S/c1-4-21(15-5-6-26(24,25)11-15)19(23)17-10-16(17)18(22)20-14-8-12(2)7-13(3)9-14/h7-9,15-17H,4-6,10-11H2,1-3H3,(H,20,22). The Morgan fingerprint density at radius 1 is 1.15 bits per heavy atom. The minimum atomic E-state index is -3.04. The van der Waals surface area contributed by atoms with Crippen LogP contribution in [0.2, 0.25) is 0 Å². The fraction of sp³-hybridized carbons (Fsp3) is 0.579. The summed E-state index contributed by atoms with van der Waals surface area (Å²) in [6.45, 7) is 6.28. The summed E-state index contributed by atoms with van der Waals surface area (Å²) in [6.07, 6.45) is 1.03. The summed E-state index contributed by atoms with van der Waals surface area (Å²) in [6, 6.07) is 5.60. The SMILES string of the molecule is CCN(C(=O)C1CC1C(=O)Nc1cc(C)cc(C)c1)C1CCS(=O)(=O)C1. The molecule has 6 nitrogen and oxygen atoms in total. The zero-order valence-electron chi connectivity index (χ0n) is 15.5. The van der Waals surface area contributed by atoms with Gasteiger partial charge in [0.1, 0.15) is 0 Å². The summed E-state index contributed by atoms with van der Waals surface area (Å²) < 4.78 is 23.4. The third-order valence-corrected chi connectivity index (χ3v) is 6.96. The van der Waals surface area contributed by atoms with Crippen LogP contribution in [0.15, 0.2) is 18.2 Å². The van der Waals surface area contributed by atoms with Gasteiger partial charge in [-0.25, -0.2) is 8.42 Å². The van der Waals surface area contributed by atoms with Gasteiger partial charge in [-0.3, -0.25) is 9.59 Å². The van der Waals surface area contributed by atoms with E-state index in [1.54, 1.807) is 4.90 Å². The topological polar surface area (TPSA) is 83.6 Å². The lowest BCUT2D eigenvalue weighted by Crippen LogP contribution is -2.42. The average Bonchev–Trinajstić information content (AvgIpc) is 3.25. The smallest absolute Gasteiger partial charge is 0.228 e. The zero-order chi connectivity index (χ0) is 19.1. The second-order valence-electron chi connectivity index (χ2n) is 7.50. The van der Waals surface area contributed by atoms with Crippen LogP contribution in [-0.2, 0) is 19.4 Å². The molecule has 0 spiro atoms. The molecule has 1 heterocycles. The fourth-order valence-electron chi connectivity index (χ4n) is 3.87. The van der Waals surface area contributed by atoms with Gasteiger partial charge in [-0.2, -0.15) is 0 Å². The van der Waals surface area contributed by atoms with E-state index in [1.165, 1.54) is 0 Å². The molecule has 1 aliphatic carbocycles. The number of carbonyl (C=O) groups is 2. The molecule has 7 heteroatoms. The van der Waals surface area contributed by atoms with E-state index in [1.807, 2.05) is 39.0 Å². The molecule has 1 N–H and O–H groups in total. The molecule has 1 saturated carbocycles. The van der Waals surface area contributed by atoms with Gasteiger partial charge in [-0.05, 0) is 56.9 Å². The van der Waals surface area contributed by atoms with Crippen molar-refractivity contribution in [2.45, 2.75) is 39.7 Å². The molecule has 0 radical (unpaired) electrons. The Hall–Kier alpha value is -1.89. The molecule has 1 aromatic carbocycles. The van der Waals surface area contributed by atoms with Crippen LogP contribution in [0.1, 0.15) is 30.9 Å². The number of anilines is 1. The highest BCUT2D eigenvalue weighted by molar-refractivity contribution is 7.91. The summed E-state index contributed by atoms with van der Waals surface area (Å²) in [5, 5.41) is 2.90. The molecule has 2 amide bonds. The van der Waals surface area contributed by atoms with E-state index in [4.69, 9.17) is 0 Å². The van der Waals surface area contributed by atoms with Crippen molar-refractivity contribution in [2.75, 3.05) is 23.4 Å². The highest BCUT2D eigenvalue weighted by Gasteiger charge is 2.50. The lowest BCUT2D eigenvalue weighted by molar-refractivity contribution is -0.135. The third kappa shape index (κ3) is 4.09. The number of amides is 2. The van der Waals surface area contributed by atoms with Crippen LogP contribution in [0, 0.1) is 25.7 Å². The number of benzene rings is 1. The van der Waals surface area contributed by atoms with Gasteiger partial charge in [0.05, 0.1) is 23.3 Å². The maximum absolute atomic E-state index is 12.8. The van der Waals surface area contributed by atoms with E-state index >= 15 is 0 Å². The number of rotatable bonds is 5. The van der Waals surface area contributed by atoms with E-state index in [2.05, 4.69) is 5.32 Å². The van der Waals surface area contributed by atoms with Crippen LogP contribution in [0.25, 0.3) is 0 Å². The molecule has 0 aromatic heterocycles. The number of carbonyl (C=O) groups excluding carboxylic acids is 2. The lowest BCUT2D eigenvalue weighted by atomic mass is 10.1. The van der Waals surface area contributed by atoms with Crippen molar-refractivity contribution in [1.29, 1.82) is 0 Å². The van der Waals surface area contributed by atoms with Crippen molar-refractivity contribution >= 4 is 27.3 Å². The second kappa shape index (κ2) is 7.02. The fourth-order valence-corrected chi connectivity index (χ4v) is 5.60. The Labute approximate surface area is 154 Å². The predicted octanol–water partition coefficient (Wildman–Crippen LogP) is 1.91. The Kier molecular flexibility index (Phi) is 5.10. The zero-order valence-corrected chi connectivity index (χ0v) is 16.3. The van der Waals surface area contributed by atoms with Crippen molar-refractivity contribution in [3.63, 3.8) is 0 Å². The largest absolute Gasteiger partial charge is 0.339 e. The number of hydrogen-bond donors (Lipinski definition) is 1. The second-order valence-corrected chi connectivity index (χ2v) is 9.72. The molecule has 2 fully saturated rings. The highest BCUT2D eigenvalue weighted by atomic mass is 32.2. The van der Waals surface area contributed by atoms with Crippen molar-refractivity contribution in [2.24, 2.45) is 11.8 Å². The van der Waals surface area contributed by atoms with E-state index in [0.717, 1.165) is 16.8 Å². The summed E-state index contributed by atoms with van der Waals surface area (Å²) in [5.74, 6) is -0.695. The van der Waals surface area contributed by atoms with Gasteiger partial charge < -0.3 is 10.2 Å². The summed E-state index contributed by atoms with van der Waals surface area (Å²) >= 11 is 0. The molecule has 142 valence electrons. The quantitative estimate of drug-likeness (QED) is 0.848. The summed E-state index contributed by atoms with van der Waals surface area (Å²) in [7, 11) is -3.04. The van der Waals surface area contributed by atoms with Crippen LogP contribution in [0.5, 0.6) is 0 Å². The number of aryl methyl sites for hydroxylation is 2. The van der Waals surface area contributed by atoms with Crippen LogP contribution in [0.3, 0.4) is 0 Å². The van der Waals surface area contributed by atoms with Crippen LogP contribution < -0.4 is 5.32 Å². The summed E-state index contributed by atoms with van der Waals surface area (Å²) in [4.78, 5) is 26.9. The number of hydrogen-bond acceptors (Lipinski definition) is 4. The lowest BCUT2D eigenvalue weighted by Gasteiger charge is -2.27. The monoisotopic (exact) mass is 378 g/mol. The number of sulfone groups is 1. The van der Waals surface area contributed by atoms with Crippen LogP contribution in [-0.4, -0.2) is 49.2 Å². The summed E-state index contributed by atoms with van der Waals surface area (Å²) in [5.41, 5.74) is 2.89. The normalized spacial score (nSPS) is 26.3. The maximum atomic E-state index is 12.8. The number of nitrogens with one attached hydrogen (secondary N) is 1. The van der Waals surface area contributed by atoms with Crippen molar-refractivity contribution in [3.05, 3.63) is 29.3 Å². The number of nitrogens with zero attached hydrogens (tertiary/aromatic N) is 1. The van der Waals surface area contributed by atoms with Crippen LogP contribution in [0.4, 0.5) is 5.69 Å². The molecular formula is C19H26N2O4S. The van der Waals surface area contributed by atoms with Gasteiger partial charge in [0.25, 0.3) is 0 Å².